The molecule has 0 saturated carbocycles. The van der Waals surface area contributed by atoms with E-state index >= 15 is 0 Å². The Morgan fingerprint density at radius 2 is 1.94 bits per heavy atom. The molecule has 0 atom stereocenters. The van der Waals surface area contributed by atoms with E-state index in [2.05, 4.69) is 5.32 Å². The molecule has 1 rings (SSSR count). The number of carboxylic acid groups (broad SMARTS) is 1. The minimum absolute atomic E-state index is 0.0971. The summed E-state index contributed by atoms with van der Waals surface area (Å²) in [5, 5.41) is 11.4. The Balaban J connectivity index is 2.37. The minimum Gasteiger partial charge on any atom is -0.478 e. The monoisotopic (exact) mass is 268 g/mol. The van der Waals surface area contributed by atoms with Gasteiger partial charge in [-0.25, -0.2) is 4.79 Å². The summed E-state index contributed by atoms with van der Waals surface area (Å²) in [6.07, 6.45) is 0.894. The van der Waals surface area contributed by atoms with Crippen LogP contribution in [-0.4, -0.2) is 35.0 Å². The maximum Gasteiger partial charge on any atom is 0.335 e. The summed E-state index contributed by atoms with van der Waals surface area (Å²) in [5.74, 6) is 0.160. The number of benzene rings is 1. The number of aromatic carboxylic acids is 1. The van der Waals surface area contributed by atoms with Crippen molar-refractivity contribution in [2.75, 3.05) is 23.4 Å². The highest BCUT2D eigenvalue weighted by Crippen LogP contribution is 2.10. The van der Waals surface area contributed by atoms with Gasteiger partial charge >= 0.3 is 5.97 Å². The molecule has 0 bridgehead atoms. The molecule has 0 aliphatic rings. The van der Waals surface area contributed by atoms with Gasteiger partial charge in [0.15, 0.2) is 0 Å². The molecule has 0 unspecified atom stereocenters. The molecule has 0 fully saturated rings. The summed E-state index contributed by atoms with van der Waals surface area (Å²) in [7, 11) is 0. The zero-order chi connectivity index (χ0) is 13.4. The lowest BCUT2D eigenvalue weighted by molar-refractivity contribution is -0.113. The first-order valence-corrected chi connectivity index (χ1v) is 6.70. The van der Waals surface area contributed by atoms with Gasteiger partial charge in [-0.1, -0.05) is 0 Å². The van der Waals surface area contributed by atoms with Gasteiger partial charge in [0.2, 0.25) is 5.91 Å². The van der Waals surface area contributed by atoms with E-state index in [9.17, 15) is 9.59 Å². The van der Waals surface area contributed by atoms with Crippen molar-refractivity contribution in [1.82, 2.24) is 0 Å². The number of carbonyl (C=O) groups excluding carboxylic acids is 1. The van der Waals surface area contributed by atoms with E-state index in [-0.39, 0.29) is 11.5 Å². The second-order valence-corrected chi connectivity index (χ2v) is 4.73. The van der Waals surface area contributed by atoms with Crippen LogP contribution in [0.15, 0.2) is 24.3 Å². The van der Waals surface area contributed by atoms with Gasteiger partial charge in [-0.3, -0.25) is 4.79 Å². The highest BCUT2D eigenvalue weighted by atomic mass is 32.2. The number of anilines is 1. The number of hydrogen-bond acceptors (Lipinski definition) is 4. The highest BCUT2D eigenvalue weighted by molar-refractivity contribution is 7.99. The SMILES string of the molecule is NCCCSCC(=O)Nc1ccc(C(=O)O)cc1. The molecule has 0 saturated heterocycles. The Kier molecular flexibility index (Phi) is 6.24. The summed E-state index contributed by atoms with van der Waals surface area (Å²) in [5.41, 5.74) is 6.15. The quantitative estimate of drug-likeness (QED) is 0.650. The van der Waals surface area contributed by atoms with Crippen LogP contribution >= 0.6 is 11.8 Å². The maximum absolute atomic E-state index is 11.5. The second-order valence-electron chi connectivity index (χ2n) is 3.63. The first-order valence-electron chi connectivity index (χ1n) is 5.54. The molecule has 0 aliphatic heterocycles. The van der Waals surface area contributed by atoms with Gasteiger partial charge in [-0.05, 0) is 43.0 Å². The lowest BCUT2D eigenvalue weighted by atomic mass is 10.2. The van der Waals surface area contributed by atoms with Gasteiger partial charge in [-0.2, -0.15) is 11.8 Å². The average molecular weight is 268 g/mol. The molecular weight excluding hydrogens is 252 g/mol. The number of thioether (sulfide) groups is 1. The van der Waals surface area contributed by atoms with Gasteiger partial charge in [0, 0.05) is 5.69 Å². The normalized spacial score (nSPS) is 10.1. The molecule has 4 N–H and O–H groups in total. The number of hydrogen-bond donors (Lipinski definition) is 3. The molecule has 0 aromatic heterocycles. The lowest BCUT2D eigenvalue weighted by Crippen LogP contribution is -2.14. The zero-order valence-electron chi connectivity index (χ0n) is 9.89. The summed E-state index contributed by atoms with van der Waals surface area (Å²) in [6.45, 7) is 0.630. The van der Waals surface area contributed by atoms with Crippen LogP contribution in [0.4, 0.5) is 5.69 Å². The topological polar surface area (TPSA) is 92.4 Å². The molecule has 1 amide bonds. The fraction of sp³-hybridized carbons (Fsp3) is 0.333. The first-order chi connectivity index (χ1) is 8.63. The fourth-order valence-corrected chi connectivity index (χ4v) is 2.02. The van der Waals surface area contributed by atoms with Gasteiger partial charge in [0.1, 0.15) is 0 Å². The van der Waals surface area contributed by atoms with E-state index in [1.807, 2.05) is 0 Å². The van der Waals surface area contributed by atoms with Crippen molar-refractivity contribution in [1.29, 1.82) is 0 Å². The minimum atomic E-state index is -0.981. The van der Waals surface area contributed by atoms with Crippen molar-refractivity contribution in [3.63, 3.8) is 0 Å². The van der Waals surface area contributed by atoms with Crippen LogP contribution in [0.5, 0.6) is 0 Å². The third kappa shape index (κ3) is 5.20. The van der Waals surface area contributed by atoms with E-state index < -0.39 is 5.97 Å². The molecule has 0 radical (unpaired) electrons. The van der Waals surface area contributed by atoms with Crippen molar-refractivity contribution in [3.05, 3.63) is 29.8 Å². The van der Waals surface area contributed by atoms with E-state index in [4.69, 9.17) is 10.8 Å². The van der Waals surface area contributed by atoms with E-state index in [0.29, 0.717) is 18.0 Å². The average Bonchev–Trinajstić information content (AvgIpc) is 2.35. The van der Waals surface area contributed by atoms with Crippen LogP contribution in [0.1, 0.15) is 16.8 Å². The van der Waals surface area contributed by atoms with Crippen LogP contribution < -0.4 is 11.1 Å². The van der Waals surface area contributed by atoms with Crippen molar-refractivity contribution >= 4 is 29.3 Å². The summed E-state index contributed by atoms with van der Waals surface area (Å²) in [4.78, 5) is 22.2. The Labute approximate surface area is 110 Å². The van der Waals surface area contributed by atoms with Crippen molar-refractivity contribution < 1.29 is 14.7 Å². The molecule has 0 aliphatic carbocycles. The highest BCUT2D eigenvalue weighted by Gasteiger charge is 2.04. The van der Waals surface area contributed by atoms with Crippen molar-refractivity contribution in [2.45, 2.75) is 6.42 Å². The van der Waals surface area contributed by atoms with Gasteiger partial charge in [0.05, 0.1) is 11.3 Å². The van der Waals surface area contributed by atoms with Crippen molar-refractivity contribution in [2.24, 2.45) is 5.73 Å². The molecule has 0 heterocycles. The van der Waals surface area contributed by atoms with E-state index in [1.54, 1.807) is 12.1 Å². The van der Waals surface area contributed by atoms with E-state index in [1.165, 1.54) is 23.9 Å². The molecule has 1 aromatic rings. The summed E-state index contributed by atoms with van der Waals surface area (Å²) >= 11 is 1.53. The van der Waals surface area contributed by atoms with Crippen LogP contribution in [0, 0.1) is 0 Å². The van der Waals surface area contributed by atoms with Crippen molar-refractivity contribution in [3.8, 4) is 0 Å². The third-order valence-corrected chi connectivity index (χ3v) is 3.19. The summed E-state index contributed by atoms with van der Waals surface area (Å²) in [6, 6.07) is 6.07. The number of carbonyl (C=O) groups is 2. The number of rotatable bonds is 7. The molecule has 5 nitrogen and oxygen atoms in total. The molecule has 18 heavy (non-hydrogen) atoms. The number of nitrogens with one attached hydrogen (secondary N) is 1. The molecule has 6 heteroatoms. The molecule has 98 valence electrons. The van der Waals surface area contributed by atoms with Gasteiger partial charge in [-0.15, -0.1) is 0 Å². The smallest absolute Gasteiger partial charge is 0.335 e. The number of nitrogens with two attached hydrogens (primary N) is 1. The van der Waals surface area contributed by atoms with Crippen LogP contribution in [0.2, 0.25) is 0 Å². The lowest BCUT2D eigenvalue weighted by Gasteiger charge is -2.05. The zero-order valence-corrected chi connectivity index (χ0v) is 10.7. The standard InChI is InChI=1S/C12H16N2O3S/c13-6-1-7-18-8-11(15)14-10-4-2-9(3-5-10)12(16)17/h2-5H,1,6-8,13H2,(H,14,15)(H,16,17). The van der Waals surface area contributed by atoms with Crippen LogP contribution in [-0.2, 0) is 4.79 Å². The predicted octanol–water partition coefficient (Wildman–Crippen LogP) is 1.41. The Morgan fingerprint density at radius 3 is 2.50 bits per heavy atom. The number of amides is 1. The largest absolute Gasteiger partial charge is 0.478 e. The van der Waals surface area contributed by atoms with Gasteiger partial charge in [0.25, 0.3) is 0 Å². The number of carboxylic acids is 1. The molecule has 0 spiro atoms. The van der Waals surface area contributed by atoms with Gasteiger partial charge < -0.3 is 16.2 Å². The molecule has 1 aromatic carbocycles. The molecular formula is C12H16N2O3S. The predicted molar refractivity (Wildman–Crippen MR) is 73.0 cm³/mol. The van der Waals surface area contributed by atoms with Crippen LogP contribution in [0.25, 0.3) is 0 Å². The summed E-state index contributed by atoms with van der Waals surface area (Å²) < 4.78 is 0. The first kappa shape index (κ1) is 14.5. The third-order valence-electron chi connectivity index (χ3n) is 2.14. The Hall–Kier alpha value is -1.53. The van der Waals surface area contributed by atoms with Crippen LogP contribution in [0.3, 0.4) is 0 Å². The second kappa shape index (κ2) is 7.73. The van der Waals surface area contributed by atoms with E-state index in [0.717, 1.165) is 12.2 Å². The fourth-order valence-electron chi connectivity index (χ4n) is 1.24. The maximum atomic E-state index is 11.5. The Morgan fingerprint density at radius 1 is 1.28 bits per heavy atom. The Bertz CT molecular complexity index is 406.